The predicted octanol–water partition coefficient (Wildman–Crippen LogP) is 3.41. The summed E-state index contributed by atoms with van der Waals surface area (Å²) in [5.74, 6) is -1.31. The standard InChI is InChI=1S/C24H24FN5O3S/c1-15-2-8-19(9-3-15)27-21(32)22-28-29-23(34-22)24(33)30-12-10-17(11-13-30)20(31)26-14-16-4-6-18(25)7-5-16/h2-9,17H,10-14H2,1H3,(H,26,31)(H,27,32). The van der Waals surface area contributed by atoms with E-state index in [0.717, 1.165) is 22.5 Å². The van der Waals surface area contributed by atoms with E-state index in [-0.39, 0.29) is 33.6 Å². The van der Waals surface area contributed by atoms with Crippen LogP contribution in [0.25, 0.3) is 0 Å². The number of aromatic nitrogens is 2. The Morgan fingerprint density at radius 3 is 2.32 bits per heavy atom. The second kappa shape index (κ2) is 10.5. The van der Waals surface area contributed by atoms with Gasteiger partial charge in [-0.2, -0.15) is 0 Å². The summed E-state index contributed by atoms with van der Waals surface area (Å²) >= 11 is 0.948. The average Bonchev–Trinajstić information content (AvgIpc) is 3.35. The minimum absolute atomic E-state index is 0.0811. The van der Waals surface area contributed by atoms with E-state index >= 15 is 0 Å². The van der Waals surface area contributed by atoms with Crippen molar-refractivity contribution in [2.24, 2.45) is 5.92 Å². The molecule has 2 N–H and O–H groups in total. The zero-order chi connectivity index (χ0) is 24.1. The Labute approximate surface area is 200 Å². The number of likely N-dealkylation sites (tertiary alicyclic amines) is 1. The SMILES string of the molecule is Cc1ccc(NC(=O)c2nnc(C(=O)N3CCC(C(=O)NCc4ccc(F)cc4)CC3)s2)cc1. The first-order valence-corrected chi connectivity index (χ1v) is 11.7. The van der Waals surface area contributed by atoms with Gasteiger partial charge in [0.15, 0.2) is 0 Å². The van der Waals surface area contributed by atoms with E-state index in [2.05, 4.69) is 20.8 Å². The van der Waals surface area contributed by atoms with Crippen LogP contribution in [-0.2, 0) is 11.3 Å². The third-order valence-electron chi connectivity index (χ3n) is 5.64. The molecule has 1 aliphatic heterocycles. The second-order valence-corrected chi connectivity index (χ2v) is 9.12. The first kappa shape index (κ1) is 23.5. The maximum absolute atomic E-state index is 13.0. The van der Waals surface area contributed by atoms with Gasteiger partial charge in [0.1, 0.15) is 5.82 Å². The molecular weight excluding hydrogens is 457 g/mol. The molecule has 2 aromatic carbocycles. The van der Waals surface area contributed by atoms with Crippen LogP contribution in [0.5, 0.6) is 0 Å². The molecule has 0 atom stereocenters. The number of aryl methyl sites for hydroxylation is 1. The Morgan fingerprint density at radius 1 is 1.00 bits per heavy atom. The van der Waals surface area contributed by atoms with Gasteiger partial charge in [-0.05, 0) is 49.6 Å². The molecule has 3 aromatic rings. The van der Waals surface area contributed by atoms with Crippen molar-refractivity contribution in [1.29, 1.82) is 0 Å². The van der Waals surface area contributed by atoms with Gasteiger partial charge in [-0.15, -0.1) is 10.2 Å². The maximum atomic E-state index is 13.0. The monoisotopic (exact) mass is 481 g/mol. The van der Waals surface area contributed by atoms with Crippen LogP contribution < -0.4 is 10.6 Å². The molecule has 1 aromatic heterocycles. The fourth-order valence-electron chi connectivity index (χ4n) is 3.64. The molecule has 1 saturated heterocycles. The zero-order valence-electron chi connectivity index (χ0n) is 18.6. The third-order valence-corrected chi connectivity index (χ3v) is 6.55. The molecule has 10 heteroatoms. The van der Waals surface area contributed by atoms with Crippen LogP contribution in [0.15, 0.2) is 48.5 Å². The van der Waals surface area contributed by atoms with E-state index in [1.54, 1.807) is 29.2 Å². The first-order chi connectivity index (χ1) is 16.4. The molecule has 0 aliphatic carbocycles. The van der Waals surface area contributed by atoms with Crippen LogP contribution >= 0.6 is 11.3 Å². The summed E-state index contributed by atoms with van der Waals surface area (Å²) < 4.78 is 13.0. The van der Waals surface area contributed by atoms with Gasteiger partial charge in [0.2, 0.25) is 15.9 Å². The highest BCUT2D eigenvalue weighted by Gasteiger charge is 2.29. The molecule has 4 rings (SSSR count). The summed E-state index contributed by atoms with van der Waals surface area (Å²) in [6.45, 7) is 3.11. The lowest BCUT2D eigenvalue weighted by Crippen LogP contribution is -2.42. The van der Waals surface area contributed by atoms with E-state index in [1.165, 1.54) is 12.1 Å². The molecule has 0 radical (unpaired) electrons. The number of piperidine rings is 1. The number of amides is 3. The molecule has 176 valence electrons. The minimum atomic E-state index is -0.420. The van der Waals surface area contributed by atoms with Crippen molar-refractivity contribution >= 4 is 34.7 Å². The van der Waals surface area contributed by atoms with Crippen LogP contribution in [0.3, 0.4) is 0 Å². The summed E-state index contributed by atoms with van der Waals surface area (Å²) in [6, 6.07) is 13.3. The molecule has 34 heavy (non-hydrogen) atoms. The van der Waals surface area contributed by atoms with Crippen LogP contribution in [0, 0.1) is 18.7 Å². The van der Waals surface area contributed by atoms with Gasteiger partial charge in [-0.1, -0.05) is 41.2 Å². The molecule has 2 heterocycles. The van der Waals surface area contributed by atoms with Crippen LogP contribution in [0.2, 0.25) is 0 Å². The average molecular weight is 482 g/mol. The zero-order valence-corrected chi connectivity index (χ0v) is 19.4. The number of hydrogen-bond donors (Lipinski definition) is 2. The largest absolute Gasteiger partial charge is 0.352 e. The summed E-state index contributed by atoms with van der Waals surface area (Å²) in [6.07, 6.45) is 1.06. The van der Waals surface area contributed by atoms with Gasteiger partial charge >= 0.3 is 0 Å². The Bertz CT molecular complexity index is 1170. The lowest BCUT2D eigenvalue weighted by Gasteiger charge is -2.30. The highest BCUT2D eigenvalue weighted by atomic mass is 32.1. The van der Waals surface area contributed by atoms with Crippen molar-refractivity contribution in [3.63, 3.8) is 0 Å². The summed E-state index contributed by atoms with van der Waals surface area (Å²) in [5, 5.41) is 13.6. The molecule has 8 nitrogen and oxygen atoms in total. The third kappa shape index (κ3) is 5.82. The number of benzene rings is 2. The number of hydrogen-bond acceptors (Lipinski definition) is 6. The number of nitrogens with zero attached hydrogens (tertiary/aromatic N) is 3. The minimum Gasteiger partial charge on any atom is -0.352 e. The number of halogens is 1. The van der Waals surface area contributed by atoms with Crippen LogP contribution in [0.1, 0.15) is 43.6 Å². The molecule has 1 fully saturated rings. The Morgan fingerprint density at radius 2 is 1.65 bits per heavy atom. The van der Waals surface area contributed by atoms with E-state index in [1.807, 2.05) is 19.1 Å². The van der Waals surface area contributed by atoms with E-state index < -0.39 is 5.91 Å². The van der Waals surface area contributed by atoms with E-state index in [4.69, 9.17) is 0 Å². The number of anilines is 1. The highest BCUT2D eigenvalue weighted by Crippen LogP contribution is 2.21. The number of carbonyl (C=O) groups excluding carboxylic acids is 3. The Hall–Kier alpha value is -3.66. The van der Waals surface area contributed by atoms with Gasteiger partial charge in [-0.3, -0.25) is 14.4 Å². The number of nitrogens with one attached hydrogen (secondary N) is 2. The highest BCUT2D eigenvalue weighted by molar-refractivity contribution is 7.15. The quantitative estimate of drug-likeness (QED) is 0.562. The first-order valence-electron chi connectivity index (χ1n) is 10.9. The summed E-state index contributed by atoms with van der Waals surface area (Å²) in [7, 11) is 0. The molecule has 0 unspecified atom stereocenters. The van der Waals surface area contributed by atoms with Gasteiger partial charge in [0.25, 0.3) is 11.8 Å². The van der Waals surface area contributed by atoms with Crippen LogP contribution in [-0.4, -0.2) is 45.9 Å². The fourth-order valence-corrected chi connectivity index (χ4v) is 4.35. The van der Waals surface area contributed by atoms with Gasteiger partial charge in [0, 0.05) is 31.2 Å². The van der Waals surface area contributed by atoms with Gasteiger partial charge in [0.05, 0.1) is 0 Å². The smallest absolute Gasteiger partial charge is 0.286 e. The maximum Gasteiger partial charge on any atom is 0.286 e. The van der Waals surface area contributed by atoms with Crippen molar-refractivity contribution in [3.05, 3.63) is 75.5 Å². The van der Waals surface area contributed by atoms with Crippen molar-refractivity contribution in [2.75, 3.05) is 18.4 Å². The summed E-state index contributed by atoms with van der Waals surface area (Å²) in [4.78, 5) is 39.3. The molecule has 0 saturated carbocycles. The van der Waals surface area contributed by atoms with Crippen molar-refractivity contribution in [2.45, 2.75) is 26.3 Å². The van der Waals surface area contributed by atoms with Crippen molar-refractivity contribution in [3.8, 4) is 0 Å². The van der Waals surface area contributed by atoms with E-state index in [9.17, 15) is 18.8 Å². The van der Waals surface area contributed by atoms with Gasteiger partial charge < -0.3 is 15.5 Å². The second-order valence-electron chi connectivity index (χ2n) is 8.14. The van der Waals surface area contributed by atoms with Crippen molar-refractivity contribution < 1.29 is 18.8 Å². The van der Waals surface area contributed by atoms with Gasteiger partial charge in [-0.25, -0.2) is 4.39 Å². The predicted molar refractivity (Wildman–Crippen MR) is 126 cm³/mol. The normalized spacial score (nSPS) is 14.0. The number of rotatable bonds is 6. The Kier molecular flexibility index (Phi) is 7.27. The molecule has 0 spiro atoms. The summed E-state index contributed by atoms with van der Waals surface area (Å²) in [5.41, 5.74) is 2.54. The van der Waals surface area contributed by atoms with Crippen LogP contribution in [0.4, 0.5) is 10.1 Å². The Balaban J connectivity index is 1.26. The fraction of sp³-hybridized carbons (Fsp3) is 0.292. The lowest BCUT2D eigenvalue weighted by molar-refractivity contribution is -0.126. The molecule has 0 bridgehead atoms. The lowest BCUT2D eigenvalue weighted by atomic mass is 9.96. The number of carbonyl (C=O) groups is 3. The topological polar surface area (TPSA) is 104 Å². The molecule has 3 amide bonds. The molecule has 1 aliphatic rings. The van der Waals surface area contributed by atoms with Crippen molar-refractivity contribution in [1.82, 2.24) is 20.4 Å². The van der Waals surface area contributed by atoms with E-state index in [0.29, 0.717) is 38.2 Å². The molecular formula is C24H24FN5O3S.